The highest BCUT2D eigenvalue weighted by Gasteiger charge is 2.45. The molecule has 0 aromatic heterocycles. The van der Waals surface area contributed by atoms with E-state index in [0.717, 1.165) is 5.01 Å². The molecular weight excluding hydrogens is 258 g/mol. The smallest absolute Gasteiger partial charge is 0.234 e. The second kappa shape index (κ2) is 4.78. The molecule has 0 aliphatic carbocycles. The van der Waals surface area contributed by atoms with Gasteiger partial charge in [-0.3, -0.25) is 9.80 Å². The maximum atomic E-state index is 11.5. The largest absolute Gasteiger partial charge is 0.485 e. The van der Waals surface area contributed by atoms with Crippen LogP contribution in [-0.2, 0) is 4.79 Å². The van der Waals surface area contributed by atoms with Crippen molar-refractivity contribution in [1.82, 2.24) is 5.01 Å². The van der Waals surface area contributed by atoms with Crippen LogP contribution in [0.25, 0.3) is 0 Å². The SMILES string of the molecule is CC(=O)N(N)[C@H]1c2cc(C#N)ccc2OC(C)(C)[C@@H]1O. The van der Waals surface area contributed by atoms with Crippen LogP contribution >= 0.6 is 0 Å². The minimum Gasteiger partial charge on any atom is -0.485 e. The van der Waals surface area contributed by atoms with E-state index in [2.05, 4.69) is 0 Å². The van der Waals surface area contributed by atoms with Gasteiger partial charge in [0.15, 0.2) is 0 Å². The molecule has 2 rings (SSSR count). The topological polar surface area (TPSA) is 99.6 Å². The van der Waals surface area contributed by atoms with Crippen molar-refractivity contribution in [1.29, 1.82) is 5.26 Å². The highest BCUT2D eigenvalue weighted by atomic mass is 16.5. The number of hydrogen-bond acceptors (Lipinski definition) is 5. The summed E-state index contributed by atoms with van der Waals surface area (Å²) in [5, 5.41) is 20.4. The van der Waals surface area contributed by atoms with Gasteiger partial charge in [-0.25, -0.2) is 5.84 Å². The van der Waals surface area contributed by atoms with E-state index in [1.165, 1.54) is 6.92 Å². The maximum absolute atomic E-state index is 11.5. The third-order valence-corrected chi connectivity index (χ3v) is 3.51. The molecule has 20 heavy (non-hydrogen) atoms. The molecule has 1 amide bonds. The Morgan fingerprint density at radius 1 is 1.55 bits per heavy atom. The lowest BCUT2D eigenvalue weighted by molar-refractivity contribution is -0.142. The molecular formula is C14H17N3O3. The van der Waals surface area contributed by atoms with Gasteiger partial charge in [0.1, 0.15) is 23.5 Å². The molecule has 0 unspecified atom stereocenters. The number of amides is 1. The molecule has 3 N–H and O–H groups in total. The van der Waals surface area contributed by atoms with Crippen LogP contribution in [0.5, 0.6) is 5.75 Å². The normalized spacial score (nSPS) is 23.2. The number of ether oxygens (including phenoxy) is 1. The number of nitriles is 1. The Hall–Kier alpha value is -2.10. The van der Waals surface area contributed by atoms with Crippen LogP contribution in [0.4, 0.5) is 0 Å². The molecule has 6 heteroatoms. The van der Waals surface area contributed by atoms with Crippen LogP contribution in [-0.4, -0.2) is 27.7 Å². The molecule has 1 aliphatic heterocycles. The van der Waals surface area contributed by atoms with Gasteiger partial charge < -0.3 is 9.84 Å². The standard InChI is InChI=1S/C14H17N3O3/c1-8(18)17(16)12-10-6-9(7-15)4-5-11(10)20-14(2,3)13(12)19/h4-6,12-13,19H,16H2,1-3H3/t12-,13+/m0/s1. The molecule has 6 nitrogen and oxygen atoms in total. The number of benzene rings is 1. The number of hydrogen-bond donors (Lipinski definition) is 2. The van der Waals surface area contributed by atoms with E-state index >= 15 is 0 Å². The summed E-state index contributed by atoms with van der Waals surface area (Å²) < 4.78 is 5.74. The van der Waals surface area contributed by atoms with Crippen LogP contribution in [0, 0.1) is 11.3 Å². The number of carbonyl (C=O) groups excluding carboxylic acids is 1. The quantitative estimate of drug-likeness (QED) is 0.450. The zero-order chi connectivity index (χ0) is 15.1. The van der Waals surface area contributed by atoms with Crippen molar-refractivity contribution < 1.29 is 14.6 Å². The first kappa shape index (κ1) is 14.3. The number of aliphatic hydroxyl groups excluding tert-OH is 1. The first-order chi connectivity index (χ1) is 9.27. The average molecular weight is 275 g/mol. The van der Waals surface area contributed by atoms with Gasteiger partial charge in [-0.1, -0.05) is 0 Å². The number of fused-ring (bicyclic) bond motifs is 1. The predicted molar refractivity (Wildman–Crippen MR) is 71.3 cm³/mol. The number of carbonyl (C=O) groups is 1. The molecule has 1 aromatic rings. The molecule has 0 spiro atoms. The van der Waals surface area contributed by atoms with Crippen LogP contribution in [0.3, 0.4) is 0 Å². The molecule has 1 aromatic carbocycles. The number of aliphatic hydroxyl groups is 1. The van der Waals surface area contributed by atoms with E-state index in [9.17, 15) is 9.90 Å². The van der Waals surface area contributed by atoms with Crippen LogP contribution < -0.4 is 10.6 Å². The summed E-state index contributed by atoms with van der Waals surface area (Å²) in [6, 6.07) is 6.13. The molecule has 2 atom stereocenters. The molecule has 106 valence electrons. The zero-order valence-electron chi connectivity index (χ0n) is 11.6. The minimum atomic E-state index is -1.00. The van der Waals surface area contributed by atoms with E-state index in [1.54, 1.807) is 32.0 Å². The minimum absolute atomic E-state index is 0.375. The predicted octanol–water partition coefficient (Wildman–Crippen LogP) is 0.853. The van der Waals surface area contributed by atoms with Gasteiger partial charge in [0.05, 0.1) is 11.6 Å². The van der Waals surface area contributed by atoms with E-state index in [0.29, 0.717) is 16.9 Å². The van der Waals surface area contributed by atoms with Gasteiger partial charge in [0.2, 0.25) is 5.91 Å². The van der Waals surface area contributed by atoms with Crippen LogP contribution in [0.15, 0.2) is 18.2 Å². The fraction of sp³-hybridized carbons (Fsp3) is 0.429. The Morgan fingerprint density at radius 2 is 2.20 bits per heavy atom. The van der Waals surface area contributed by atoms with E-state index in [-0.39, 0.29) is 5.91 Å². The highest BCUT2D eigenvalue weighted by Crippen LogP contribution is 2.42. The zero-order valence-corrected chi connectivity index (χ0v) is 11.6. The van der Waals surface area contributed by atoms with Crippen molar-refractivity contribution in [2.75, 3.05) is 0 Å². The van der Waals surface area contributed by atoms with E-state index in [4.69, 9.17) is 15.8 Å². The summed E-state index contributed by atoms with van der Waals surface area (Å²) in [6.07, 6.45) is -1.00. The number of nitrogens with zero attached hydrogens (tertiary/aromatic N) is 2. The van der Waals surface area contributed by atoms with Crippen molar-refractivity contribution in [3.05, 3.63) is 29.3 Å². The lowest BCUT2D eigenvalue weighted by Gasteiger charge is -2.44. The second-order valence-electron chi connectivity index (χ2n) is 5.39. The van der Waals surface area contributed by atoms with Crippen LogP contribution in [0.1, 0.15) is 37.9 Å². The fourth-order valence-electron chi connectivity index (χ4n) is 2.33. The van der Waals surface area contributed by atoms with Crippen molar-refractivity contribution in [2.24, 2.45) is 5.84 Å². The van der Waals surface area contributed by atoms with Gasteiger partial charge in [-0.05, 0) is 32.0 Å². The van der Waals surface area contributed by atoms with E-state index < -0.39 is 17.7 Å². The number of hydrazine groups is 1. The summed E-state index contributed by atoms with van der Waals surface area (Å²) in [7, 11) is 0. The fourth-order valence-corrected chi connectivity index (χ4v) is 2.33. The summed E-state index contributed by atoms with van der Waals surface area (Å²) in [6.45, 7) is 4.77. The Labute approximate surface area is 117 Å². The van der Waals surface area contributed by atoms with Crippen molar-refractivity contribution >= 4 is 5.91 Å². The molecule has 0 radical (unpaired) electrons. The molecule has 1 aliphatic rings. The number of nitrogens with two attached hydrogens (primary N) is 1. The third kappa shape index (κ3) is 2.22. The van der Waals surface area contributed by atoms with Gasteiger partial charge in [-0.15, -0.1) is 0 Å². The summed E-state index contributed by atoms with van der Waals surface area (Å²) >= 11 is 0. The first-order valence-electron chi connectivity index (χ1n) is 6.23. The molecule has 0 saturated heterocycles. The van der Waals surface area contributed by atoms with Crippen LogP contribution in [0.2, 0.25) is 0 Å². The molecule has 0 fully saturated rings. The van der Waals surface area contributed by atoms with Gasteiger partial charge in [0.25, 0.3) is 0 Å². The first-order valence-corrected chi connectivity index (χ1v) is 6.23. The third-order valence-electron chi connectivity index (χ3n) is 3.51. The molecule has 0 bridgehead atoms. The van der Waals surface area contributed by atoms with Gasteiger partial charge in [0, 0.05) is 12.5 Å². The number of rotatable bonds is 1. The maximum Gasteiger partial charge on any atom is 0.234 e. The van der Waals surface area contributed by atoms with Crippen molar-refractivity contribution in [3.63, 3.8) is 0 Å². The second-order valence-corrected chi connectivity index (χ2v) is 5.39. The Bertz CT molecular complexity index is 592. The van der Waals surface area contributed by atoms with Gasteiger partial charge >= 0.3 is 0 Å². The average Bonchev–Trinajstić information content (AvgIpc) is 2.38. The monoisotopic (exact) mass is 275 g/mol. The highest BCUT2D eigenvalue weighted by molar-refractivity contribution is 5.73. The summed E-state index contributed by atoms with van der Waals surface area (Å²) in [4.78, 5) is 11.5. The Balaban J connectivity index is 2.60. The summed E-state index contributed by atoms with van der Waals surface area (Å²) in [5.74, 6) is 5.93. The van der Waals surface area contributed by atoms with E-state index in [1.807, 2.05) is 6.07 Å². The van der Waals surface area contributed by atoms with Crippen molar-refractivity contribution in [3.8, 4) is 11.8 Å². The Kier molecular flexibility index (Phi) is 3.42. The lowest BCUT2D eigenvalue weighted by atomic mass is 9.85. The summed E-state index contributed by atoms with van der Waals surface area (Å²) in [5.41, 5.74) is 0.0635. The Morgan fingerprint density at radius 3 is 2.75 bits per heavy atom. The molecule has 1 heterocycles. The lowest BCUT2D eigenvalue weighted by Crippen LogP contribution is -2.56. The van der Waals surface area contributed by atoms with Crippen molar-refractivity contribution in [2.45, 2.75) is 38.5 Å². The molecule has 0 saturated carbocycles. The van der Waals surface area contributed by atoms with Gasteiger partial charge in [-0.2, -0.15) is 5.26 Å².